The summed E-state index contributed by atoms with van der Waals surface area (Å²) < 4.78 is 8.44. The van der Waals surface area contributed by atoms with E-state index in [-0.39, 0.29) is 23.9 Å². The lowest BCUT2D eigenvalue weighted by Crippen LogP contribution is -2.28. The van der Waals surface area contributed by atoms with Gasteiger partial charge in [-0.15, -0.1) is 0 Å². The predicted molar refractivity (Wildman–Crippen MR) is 122 cm³/mol. The second kappa shape index (κ2) is 9.34. The van der Waals surface area contributed by atoms with Gasteiger partial charge in [-0.05, 0) is 42.8 Å². The predicted octanol–water partition coefficient (Wildman–Crippen LogP) is 3.36. The minimum atomic E-state index is -0.590. The van der Waals surface area contributed by atoms with Gasteiger partial charge in [0.15, 0.2) is 0 Å². The summed E-state index contributed by atoms with van der Waals surface area (Å²) in [6.07, 6.45) is 0. The van der Waals surface area contributed by atoms with Crippen LogP contribution in [0.5, 0.6) is 5.75 Å². The molecule has 0 saturated heterocycles. The lowest BCUT2D eigenvalue weighted by molar-refractivity contribution is -0.135. The Labute approximate surface area is 184 Å². The van der Waals surface area contributed by atoms with Crippen LogP contribution in [-0.2, 0) is 24.4 Å². The van der Waals surface area contributed by atoms with Crippen molar-refractivity contribution in [2.24, 2.45) is 0 Å². The number of hydrogen-bond donors (Lipinski definition) is 1. The van der Waals surface area contributed by atoms with Crippen molar-refractivity contribution in [3.05, 3.63) is 100 Å². The molecule has 1 N–H and O–H groups in total. The first-order valence-corrected chi connectivity index (χ1v) is 10.4. The molecule has 32 heavy (non-hydrogen) atoms. The van der Waals surface area contributed by atoms with E-state index in [0.717, 1.165) is 11.1 Å². The number of carbonyl (C=O) groups is 2. The minimum absolute atomic E-state index is 0.225. The van der Waals surface area contributed by atoms with Crippen molar-refractivity contribution in [1.82, 2.24) is 14.5 Å². The highest BCUT2D eigenvalue weighted by molar-refractivity contribution is 5.94. The highest BCUT2D eigenvalue weighted by Gasteiger charge is 2.16. The lowest BCUT2D eigenvalue weighted by atomic mass is 10.2. The van der Waals surface area contributed by atoms with Gasteiger partial charge in [-0.2, -0.15) is 0 Å². The fraction of sp³-hybridized carbons (Fsp3) is 0.160. The highest BCUT2D eigenvalue weighted by atomic mass is 16.5. The molecule has 7 heteroatoms. The quantitative estimate of drug-likeness (QED) is 0.361. The van der Waals surface area contributed by atoms with Crippen LogP contribution in [0.25, 0.3) is 11.0 Å². The van der Waals surface area contributed by atoms with Gasteiger partial charge in [-0.1, -0.05) is 48.5 Å². The zero-order valence-electron chi connectivity index (χ0n) is 17.7. The number of nitrogens with one attached hydrogen (secondary N) is 1. The van der Waals surface area contributed by atoms with E-state index in [1.807, 2.05) is 55.5 Å². The van der Waals surface area contributed by atoms with Crippen LogP contribution in [0.4, 0.5) is 0 Å². The lowest BCUT2D eigenvalue weighted by Gasteiger charge is -2.08. The fourth-order valence-electron chi connectivity index (χ4n) is 3.60. The summed E-state index contributed by atoms with van der Waals surface area (Å²) in [5.74, 6) is -0.614. The molecule has 7 nitrogen and oxygen atoms in total. The molecule has 0 fully saturated rings. The number of amides is 1. The zero-order chi connectivity index (χ0) is 22.5. The van der Waals surface area contributed by atoms with Crippen LogP contribution in [0.15, 0.2) is 83.7 Å². The Bertz CT molecular complexity index is 1320. The summed E-state index contributed by atoms with van der Waals surface area (Å²) in [6.45, 7) is 2.55. The number of benzene rings is 3. The second-order valence-corrected chi connectivity index (χ2v) is 7.27. The van der Waals surface area contributed by atoms with Gasteiger partial charge in [0.1, 0.15) is 12.3 Å². The van der Waals surface area contributed by atoms with E-state index in [4.69, 9.17) is 4.74 Å². The van der Waals surface area contributed by atoms with Crippen LogP contribution in [0.3, 0.4) is 0 Å². The number of aryl methyl sites for hydroxylation is 1. The van der Waals surface area contributed by atoms with E-state index in [1.54, 1.807) is 28.8 Å². The van der Waals surface area contributed by atoms with Crippen molar-refractivity contribution >= 4 is 22.9 Å². The van der Waals surface area contributed by atoms with Gasteiger partial charge in [-0.25, -0.2) is 9.59 Å². The van der Waals surface area contributed by atoms with Gasteiger partial charge in [0.25, 0.3) is 5.91 Å². The number of carbonyl (C=O) groups excluding carboxylic acids is 2. The molecule has 1 aromatic heterocycles. The number of fused-ring (bicyclic) bond motifs is 1. The van der Waals surface area contributed by atoms with E-state index in [2.05, 4.69) is 5.32 Å². The molecule has 0 saturated carbocycles. The minimum Gasteiger partial charge on any atom is -0.425 e. The maximum Gasteiger partial charge on any atom is 0.331 e. The Kier molecular flexibility index (Phi) is 6.17. The fourth-order valence-corrected chi connectivity index (χ4v) is 3.60. The summed E-state index contributed by atoms with van der Waals surface area (Å²) in [6, 6.07) is 23.3. The monoisotopic (exact) mass is 429 g/mol. The van der Waals surface area contributed by atoms with Gasteiger partial charge in [-0.3, -0.25) is 13.9 Å². The molecule has 0 bridgehead atoms. The molecular formula is C25H23N3O4. The van der Waals surface area contributed by atoms with Crippen molar-refractivity contribution in [3.8, 4) is 5.75 Å². The standard InChI is InChI=1S/C25H23N3O4/c1-2-27-21-13-6-7-14-22(21)28(25(27)31)17-23(29)32-20-12-8-11-19(15-20)24(30)26-16-18-9-4-3-5-10-18/h3-15H,2,16-17H2,1H3,(H,26,30). The molecule has 0 unspecified atom stereocenters. The smallest absolute Gasteiger partial charge is 0.331 e. The number of rotatable bonds is 7. The van der Waals surface area contributed by atoms with E-state index in [1.165, 1.54) is 10.6 Å². The van der Waals surface area contributed by atoms with Crippen molar-refractivity contribution in [2.45, 2.75) is 26.6 Å². The van der Waals surface area contributed by atoms with Gasteiger partial charge >= 0.3 is 11.7 Å². The van der Waals surface area contributed by atoms with Gasteiger partial charge < -0.3 is 10.1 Å². The molecule has 0 radical (unpaired) electrons. The molecule has 0 aliphatic rings. The van der Waals surface area contributed by atoms with E-state index in [0.29, 0.717) is 24.2 Å². The molecule has 0 aliphatic carbocycles. The van der Waals surface area contributed by atoms with Crippen molar-refractivity contribution in [3.63, 3.8) is 0 Å². The van der Waals surface area contributed by atoms with Crippen LogP contribution in [0.2, 0.25) is 0 Å². The maximum absolute atomic E-state index is 12.7. The molecule has 0 spiro atoms. The van der Waals surface area contributed by atoms with E-state index < -0.39 is 5.97 Å². The number of aromatic nitrogens is 2. The second-order valence-electron chi connectivity index (χ2n) is 7.27. The van der Waals surface area contributed by atoms with Gasteiger partial charge in [0.2, 0.25) is 0 Å². The Morgan fingerprint density at radius 1 is 0.875 bits per heavy atom. The van der Waals surface area contributed by atoms with E-state index >= 15 is 0 Å². The number of para-hydroxylation sites is 2. The number of ether oxygens (including phenoxy) is 1. The first-order chi connectivity index (χ1) is 15.6. The first-order valence-electron chi connectivity index (χ1n) is 10.4. The summed E-state index contributed by atoms with van der Waals surface area (Å²) in [7, 11) is 0. The topological polar surface area (TPSA) is 82.3 Å². The molecule has 162 valence electrons. The SMILES string of the molecule is CCn1c(=O)n(CC(=O)Oc2cccc(C(=O)NCc3ccccc3)c2)c2ccccc21. The Hall–Kier alpha value is -4.13. The first kappa shape index (κ1) is 21.1. The van der Waals surface area contributed by atoms with Gasteiger partial charge in [0, 0.05) is 18.7 Å². The zero-order valence-corrected chi connectivity index (χ0v) is 17.7. The number of hydrogen-bond acceptors (Lipinski definition) is 4. The van der Waals surface area contributed by atoms with Gasteiger partial charge in [0.05, 0.1) is 11.0 Å². The molecule has 4 aromatic rings. The largest absolute Gasteiger partial charge is 0.425 e. The third-order valence-corrected chi connectivity index (χ3v) is 5.15. The molecule has 4 rings (SSSR count). The molecule has 3 aromatic carbocycles. The van der Waals surface area contributed by atoms with E-state index in [9.17, 15) is 14.4 Å². The number of esters is 1. The van der Waals surface area contributed by atoms with Crippen LogP contribution in [-0.4, -0.2) is 21.0 Å². The Balaban J connectivity index is 1.45. The summed E-state index contributed by atoms with van der Waals surface area (Å²) in [5, 5.41) is 2.84. The van der Waals surface area contributed by atoms with Crippen molar-refractivity contribution in [2.75, 3.05) is 0 Å². The normalized spacial score (nSPS) is 10.8. The van der Waals surface area contributed by atoms with Crippen molar-refractivity contribution < 1.29 is 14.3 Å². The average molecular weight is 429 g/mol. The van der Waals surface area contributed by atoms with Crippen LogP contribution in [0.1, 0.15) is 22.8 Å². The maximum atomic E-state index is 12.7. The van der Waals surface area contributed by atoms with Crippen LogP contribution in [0, 0.1) is 0 Å². The Morgan fingerprint density at radius 3 is 2.28 bits per heavy atom. The molecule has 1 amide bonds. The molecule has 0 atom stereocenters. The Morgan fingerprint density at radius 2 is 1.56 bits per heavy atom. The molecular weight excluding hydrogens is 406 g/mol. The van der Waals surface area contributed by atoms with Crippen LogP contribution >= 0.6 is 0 Å². The molecule has 0 aliphatic heterocycles. The average Bonchev–Trinajstić information content (AvgIpc) is 3.08. The number of nitrogens with zero attached hydrogens (tertiary/aromatic N) is 2. The summed E-state index contributed by atoms with van der Waals surface area (Å²) in [4.78, 5) is 37.8. The highest BCUT2D eigenvalue weighted by Crippen LogP contribution is 2.16. The third kappa shape index (κ3) is 4.46. The van der Waals surface area contributed by atoms with Crippen molar-refractivity contribution in [1.29, 1.82) is 0 Å². The summed E-state index contributed by atoms with van der Waals surface area (Å²) >= 11 is 0. The summed E-state index contributed by atoms with van der Waals surface area (Å²) in [5.41, 5.74) is 2.54. The third-order valence-electron chi connectivity index (χ3n) is 5.15. The van der Waals surface area contributed by atoms with Crippen LogP contribution < -0.4 is 15.7 Å². The molecule has 1 heterocycles. The number of imidazole rings is 1.